The van der Waals surface area contributed by atoms with Gasteiger partial charge in [0.2, 0.25) is 5.91 Å². The lowest BCUT2D eigenvalue weighted by Crippen LogP contribution is -2.14. The van der Waals surface area contributed by atoms with E-state index in [4.69, 9.17) is 8.83 Å². The largest absolute Gasteiger partial charge is 0.469 e. The Bertz CT molecular complexity index is 954. The number of aromatic nitrogens is 2. The van der Waals surface area contributed by atoms with Gasteiger partial charge >= 0.3 is 6.01 Å². The first-order valence-electron chi connectivity index (χ1n) is 8.20. The Balaban J connectivity index is 1.41. The van der Waals surface area contributed by atoms with E-state index in [1.165, 1.54) is 6.26 Å². The van der Waals surface area contributed by atoms with Gasteiger partial charge in [-0.25, -0.2) is 0 Å². The zero-order valence-electron chi connectivity index (χ0n) is 14.0. The standard InChI is InChI=1S/C18H16N4O4/c1-10-14(8-9-25-10)17-21-22-18(26-17)20-16(24)12-4-6-13(7-5-12)19-15(23)11-2-3-11/h4-9,11H,2-3H2,1H3,(H,19,23)(H,20,22,24). The van der Waals surface area contributed by atoms with Crippen LogP contribution in [0.25, 0.3) is 11.5 Å². The summed E-state index contributed by atoms with van der Waals surface area (Å²) in [7, 11) is 0. The number of anilines is 2. The number of nitrogens with one attached hydrogen (secondary N) is 2. The summed E-state index contributed by atoms with van der Waals surface area (Å²) in [4.78, 5) is 24.0. The van der Waals surface area contributed by atoms with Crippen molar-refractivity contribution in [3.05, 3.63) is 47.9 Å². The molecule has 2 amide bonds. The van der Waals surface area contributed by atoms with E-state index in [-0.39, 0.29) is 29.6 Å². The fourth-order valence-corrected chi connectivity index (χ4v) is 2.45. The molecular weight excluding hydrogens is 336 g/mol. The summed E-state index contributed by atoms with van der Waals surface area (Å²) < 4.78 is 10.6. The SMILES string of the molecule is Cc1occc1-c1nnc(NC(=O)c2ccc(NC(=O)C3CC3)cc2)o1. The molecule has 132 valence electrons. The highest BCUT2D eigenvalue weighted by Crippen LogP contribution is 2.30. The van der Waals surface area contributed by atoms with Gasteiger partial charge in [-0.2, -0.15) is 0 Å². The van der Waals surface area contributed by atoms with Gasteiger partial charge in [0.15, 0.2) is 0 Å². The van der Waals surface area contributed by atoms with Crippen LogP contribution in [0.5, 0.6) is 0 Å². The third-order valence-electron chi connectivity index (χ3n) is 4.10. The molecule has 1 aliphatic carbocycles. The molecule has 1 aromatic carbocycles. The molecule has 0 radical (unpaired) electrons. The van der Waals surface area contributed by atoms with E-state index in [0.29, 0.717) is 22.6 Å². The summed E-state index contributed by atoms with van der Waals surface area (Å²) in [5, 5.41) is 13.1. The minimum atomic E-state index is -0.385. The molecule has 0 unspecified atom stereocenters. The van der Waals surface area contributed by atoms with Gasteiger partial charge in [-0.05, 0) is 50.1 Å². The molecule has 8 nitrogen and oxygen atoms in total. The van der Waals surface area contributed by atoms with Crippen LogP contribution in [0.4, 0.5) is 11.7 Å². The van der Waals surface area contributed by atoms with Crippen LogP contribution in [0.15, 0.2) is 45.4 Å². The number of amides is 2. The molecule has 1 saturated carbocycles. The van der Waals surface area contributed by atoms with Crippen LogP contribution in [0, 0.1) is 12.8 Å². The number of nitrogens with zero attached hydrogens (tertiary/aromatic N) is 2. The highest BCUT2D eigenvalue weighted by molar-refractivity contribution is 6.03. The molecule has 26 heavy (non-hydrogen) atoms. The highest BCUT2D eigenvalue weighted by Gasteiger charge is 2.29. The van der Waals surface area contributed by atoms with Gasteiger partial charge in [-0.1, -0.05) is 5.10 Å². The van der Waals surface area contributed by atoms with Crippen molar-refractivity contribution in [2.75, 3.05) is 10.6 Å². The molecule has 1 aliphatic rings. The third-order valence-corrected chi connectivity index (χ3v) is 4.10. The second-order valence-electron chi connectivity index (χ2n) is 6.10. The molecule has 0 bridgehead atoms. The Labute approximate surface area is 148 Å². The number of hydrogen-bond acceptors (Lipinski definition) is 6. The average molecular weight is 352 g/mol. The van der Waals surface area contributed by atoms with E-state index in [2.05, 4.69) is 20.8 Å². The molecule has 0 aliphatic heterocycles. The van der Waals surface area contributed by atoms with Crippen molar-refractivity contribution in [3.63, 3.8) is 0 Å². The van der Waals surface area contributed by atoms with Gasteiger partial charge in [-0.15, -0.1) is 5.10 Å². The first-order chi connectivity index (χ1) is 12.6. The molecule has 4 rings (SSSR count). The van der Waals surface area contributed by atoms with E-state index in [1.54, 1.807) is 37.3 Å². The highest BCUT2D eigenvalue weighted by atomic mass is 16.4. The summed E-state index contributed by atoms with van der Waals surface area (Å²) in [6.07, 6.45) is 3.41. The van der Waals surface area contributed by atoms with E-state index in [9.17, 15) is 9.59 Å². The molecule has 1 fully saturated rings. The second kappa shape index (κ2) is 6.47. The maximum atomic E-state index is 12.3. The molecule has 3 aromatic rings. The Morgan fingerprint density at radius 1 is 1.08 bits per heavy atom. The van der Waals surface area contributed by atoms with Gasteiger partial charge in [0.05, 0.1) is 11.8 Å². The third kappa shape index (κ3) is 3.34. The Morgan fingerprint density at radius 2 is 1.85 bits per heavy atom. The fourth-order valence-electron chi connectivity index (χ4n) is 2.45. The number of furan rings is 1. The number of rotatable bonds is 5. The first kappa shape index (κ1) is 16.1. The van der Waals surface area contributed by atoms with Gasteiger partial charge in [0.25, 0.3) is 11.8 Å². The van der Waals surface area contributed by atoms with Gasteiger partial charge in [-0.3, -0.25) is 14.9 Å². The number of carbonyl (C=O) groups excluding carboxylic acids is 2. The van der Waals surface area contributed by atoms with Gasteiger partial charge in [0, 0.05) is 17.2 Å². The van der Waals surface area contributed by atoms with Crippen LogP contribution in [-0.2, 0) is 4.79 Å². The Kier molecular flexibility index (Phi) is 4.00. The van der Waals surface area contributed by atoms with Crippen molar-refractivity contribution in [1.82, 2.24) is 10.2 Å². The smallest absolute Gasteiger partial charge is 0.322 e. The van der Waals surface area contributed by atoms with Crippen molar-refractivity contribution in [3.8, 4) is 11.5 Å². The molecule has 2 aromatic heterocycles. The quantitative estimate of drug-likeness (QED) is 0.729. The minimum Gasteiger partial charge on any atom is -0.469 e. The summed E-state index contributed by atoms with van der Waals surface area (Å²) in [6, 6.07) is 8.32. The van der Waals surface area contributed by atoms with Crippen molar-refractivity contribution in [1.29, 1.82) is 0 Å². The summed E-state index contributed by atoms with van der Waals surface area (Å²) in [5.41, 5.74) is 1.75. The lowest BCUT2D eigenvalue weighted by atomic mass is 10.2. The topological polar surface area (TPSA) is 110 Å². The molecule has 2 heterocycles. The minimum absolute atomic E-state index is 0.00304. The van der Waals surface area contributed by atoms with Crippen molar-refractivity contribution < 1.29 is 18.4 Å². The summed E-state index contributed by atoms with van der Waals surface area (Å²) >= 11 is 0. The predicted molar refractivity (Wildman–Crippen MR) is 92.5 cm³/mol. The summed E-state index contributed by atoms with van der Waals surface area (Å²) in [5.74, 6) is 0.683. The lowest BCUT2D eigenvalue weighted by molar-refractivity contribution is -0.117. The monoisotopic (exact) mass is 352 g/mol. The number of benzene rings is 1. The van der Waals surface area contributed by atoms with Crippen LogP contribution >= 0.6 is 0 Å². The van der Waals surface area contributed by atoms with Gasteiger partial charge < -0.3 is 14.2 Å². The summed E-state index contributed by atoms with van der Waals surface area (Å²) in [6.45, 7) is 1.78. The number of hydrogen-bond donors (Lipinski definition) is 2. The van der Waals surface area contributed by atoms with E-state index >= 15 is 0 Å². The molecular formula is C18H16N4O4. The van der Waals surface area contributed by atoms with Crippen LogP contribution < -0.4 is 10.6 Å². The van der Waals surface area contributed by atoms with Crippen molar-refractivity contribution in [2.24, 2.45) is 5.92 Å². The van der Waals surface area contributed by atoms with Crippen LogP contribution in [0.3, 0.4) is 0 Å². The van der Waals surface area contributed by atoms with Gasteiger partial charge in [0.1, 0.15) is 5.76 Å². The maximum Gasteiger partial charge on any atom is 0.322 e. The average Bonchev–Trinajstić information content (AvgIpc) is 3.26. The lowest BCUT2D eigenvalue weighted by Gasteiger charge is -2.05. The second-order valence-corrected chi connectivity index (χ2v) is 6.10. The van der Waals surface area contributed by atoms with Crippen LogP contribution in [0.1, 0.15) is 29.0 Å². The Morgan fingerprint density at radius 3 is 2.50 bits per heavy atom. The number of carbonyl (C=O) groups is 2. The van der Waals surface area contributed by atoms with E-state index in [0.717, 1.165) is 12.8 Å². The van der Waals surface area contributed by atoms with E-state index in [1.807, 2.05) is 0 Å². The molecule has 0 saturated heterocycles. The maximum absolute atomic E-state index is 12.3. The van der Waals surface area contributed by atoms with E-state index < -0.39 is 0 Å². The number of aryl methyl sites for hydroxylation is 1. The zero-order chi connectivity index (χ0) is 18.1. The molecule has 2 N–H and O–H groups in total. The molecule has 0 atom stereocenters. The Hall–Kier alpha value is -3.42. The zero-order valence-corrected chi connectivity index (χ0v) is 14.0. The normalized spacial score (nSPS) is 13.4. The van der Waals surface area contributed by atoms with Crippen LogP contribution in [0.2, 0.25) is 0 Å². The first-order valence-corrected chi connectivity index (χ1v) is 8.20. The van der Waals surface area contributed by atoms with Crippen LogP contribution in [-0.4, -0.2) is 22.0 Å². The van der Waals surface area contributed by atoms with Crippen molar-refractivity contribution >= 4 is 23.5 Å². The van der Waals surface area contributed by atoms with Crippen molar-refractivity contribution in [2.45, 2.75) is 19.8 Å². The predicted octanol–water partition coefficient (Wildman–Crippen LogP) is 3.24. The molecule has 0 spiro atoms. The molecule has 8 heteroatoms. The fraction of sp³-hybridized carbons (Fsp3) is 0.222.